The zero-order valence-electron chi connectivity index (χ0n) is 20.4. The topological polar surface area (TPSA) is 81.2 Å². The zero-order chi connectivity index (χ0) is 24.4. The van der Waals surface area contributed by atoms with E-state index in [9.17, 15) is 9.59 Å². The van der Waals surface area contributed by atoms with Gasteiger partial charge >= 0.3 is 6.09 Å². The molecule has 0 radical (unpaired) electrons. The Morgan fingerprint density at radius 1 is 1.18 bits per heavy atom. The number of benzene rings is 1. The Morgan fingerprint density at radius 2 is 1.85 bits per heavy atom. The third kappa shape index (κ3) is 6.01. The minimum absolute atomic E-state index is 0.151. The van der Waals surface area contributed by atoms with Gasteiger partial charge in [0.1, 0.15) is 22.6 Å². The summed E-state index contributed by atoms with van der Waals surface area (Å²) in [6.07, 6.45) is 1.81. The van der Waals surface area contributed by atoms with Crippen molar-refractivity contribution in [3.63, 3.8) is 0 Å². The average Bonchev–Trinajstić information content (AvgIpc) is 3.02. The smallest absolute Gasteiger partial charge is 0.412 e. The number of carbonyl (C=O) groups is 2. The molecule has 1 aromatic carbocycles. The molecular weight excluding hydrogens is 422 g/mol. The summed E-state index contributed by atoms with van der Waals surface area (Å²) in [6, 6.07) is 10.8. The first-order valence-electron chi connectivity index (χ1n) is 11.0. The third-order valence-electron chi connectivity index (χ3n) is 5.18. The zero-order valence-corrected chi connectivity index (χ0v) is 20.4. The number of aromatic nitrogens is 1. The lowest BCUT2D eigenvalue weighted by Crippen LogP contribution is -2.50. The summed E-state index contributed by atoms with van der Waals surface area (Å²) in [4.78, 5) is 32.6. The highest BCUT2D eigenvalue weighted by atomic mass is 16.6. The largest absolute Gasteiger partial charge is 0.444 e. The fraction of sp³-hybridized carbons (Fsp3) is 0.480. The molecule has 0 N–H and O–H groups in total. The maximum absolute atomic E-state index is 12.8. The second-order valence-corrected chi connectivity index (χ2v) is 9.77. The maximum Gasteiger partial charge on any atom is 0.412 e. The Bertz CT molecular complexity index is 996. The number of nitrogens with zero attached hydrogens (tertiary/aromatic N) is 3. The normalized spacial score (nSPS) is 17.5. The summed E-state index contributed by atoms with van der Waals surface area (Å²) in [5, 5.41) is 0. The molecule has 0 spiro atoms. The van der Waals surface area contributed by atoms with Crippen molar-refractivity contribution in [1.29, 1.82) is 0 Å². The van der Waals surface area contributed by atoms with Crippen LogP contribution in [0.25, 0.3) is 0 Å². The molecule has 178 valence electrons. The first-order chi connectivity index (χ1) is 15.4. The summed E-state index contributed by atoms with van der Waals surface area (Å²) in [5.74, 6) is 0.643. The van der Waals surface area contributed by atoms with Gasteiger partial charge in [-0.25, -0.2) is 9.78 Å². The molecule has 33 heavy (non-hydrogen) atoms. The van der Waals surface area contributed by atoms with Crippen molar-refractivity contribution in [3.05, 3.63) is 53.7 Å². The van der Waals surface area contributed by atoms with E-state index in [1.807, 2.05) is 58.9 Å². The Morgan fingerprint density at radius 3 is 2.45 bits per heavy atom. The van der Waals surface area contributed by atoms with E-state index in [0.29, 0.717) is 24.3 Å². The summed E-state index contributed by atoms with van der Waals surface area (Å²) in [7, 11) is 3.37. The second-order valence-electron chi connectivity index (χ2n) is 9.77. The molecule has 0 aliphatic carbocycles. The number of amides is 2. The van der Waals surface area contributed by atoms with Crippen molar-refractivity contribution in [2.45, 2.75) is 58.4 Å². The van der Waals surface area contributed by atoms with Crippen LogP contribution >= 0.6 is 0 Å². The Labute approximate surface area is 195 Å². The fourth-order valence-electron chi connectivity index (χ4n) is 3.67. The maximum atomic E-state index is 12.8. The van der Waals surface area contributed by atoms with Gasteiger partial charge in [-0.2, -0.15) is 0 Å². The third-order valence-corrected chi connectivity index (χ3v) is 5.18. The van der Waals surface area contributed by atoms with Crippen molar-refractivity contribution in [2.24, 2.45) is 0 Å². The van der Waals surface area contributed by atoms with E-state index in [0.717, 1.165) is 5.56 Å². The molecule has 1 aliphatic rings. The molecule has 0 saturated carbocycles. The van der Waals surface area contributed by atoms with Gasteiger partial charge in [0.2, 0.25) is 5.88 Å². The predicted molar refractivity (Wildman–Crippen MR) is 124 cm³/mol. The number of carbonyl (C=O) groups excluding carboxylic acids is 2. The number of hydrogen-bond donors (Lipinski definition) is 0. The van der Waals surface area contributed by atoms with Gasteiger partial charge in [0, 0.05) is 20.3 Å². The van der Waals surface area contributed by atoms with Crippen molar-refractivity contribution in [3.8, 4) is 11.6 Å². The molecule has 8 heteroatoms. The minimum Gasteiger partial charge on any atom is -0.444 e. The summed E-state index contributed by atoms with van der Waals surface area (Å²) >= 11 is 0. The van der Waals surface area contributed by atoms with Crippen molar-refractivity contribution < 1.29 is 23.8 Å². The van der Waals surface area contributed by atoms with Gasteiger partial charge in [-0.15, -0.1) is 0 Å². The van der Waals surface area contributed by atoms with Gasteiger partial charge in [0.15, 0.2) is 0 Å². The van der Waals surface area contributed by atoms with E-state index in [-0.39, 0.29) is 23.9 Å². The first-order valence-corrected chi connectivity index (χ1v) is 11.0. The van der Waals surface area contributed by atoms with Crippen LogP contribution in [0.4, 0.5) is 4.79 Å². The second kappa shape index (κ2) is 9.39. The molecule has 3 rings (SSSR count). The first kappa shape index (κ1) is 24.5. The van der Waals surface area contributed by atoms with Crippen molar-refractivity contribution in [2.75, 3.05) is 20.7 Å². The molecule has 2 aromatic rings. The molecule has 1 unspecified atom stereocenters. The van der Waals surface area contributed by atoms with Crippen LogP contribution in [-0.2, 0) is 15.9 Å². The van der Waals surface area contributed by atoms with Crippen LogP contribution in [0.15, 0.2) is 42.6 Å². The Hall–Kier alpha value is -3.13. The summed E-state index contributed by atoms with van der Waals surface area (Å²) in [6.45, 7) is 9.71. The molecule has 8 nitrogen and oxygen atoms in total. The van der Waals surface area contributed by atoms with Crippen molar-refractivity contribution >= 4 is 12.0 Å². The monoisotopic (exact) mass is 455 g/mol. The van der Waals surface area contributed by atoms with E-state index >= 15 is 0 Å². The molecule has 1 atom stereocenters. The van der Waals surface area contributed by atoms with E-state index in [1.54, 1.807) is 37.3 Å². The van der Waals surface area contributed by atoms with Crippen LogP contribution in [0.3, 0.4) is 0 Å². The van der Waals surface area contributed by atoms with Gasteiger partial charge in [-0.3, -0.25) is 9.69 Å². The number of pyridine rings is 1. The van der Waals surface area contributed by atoms with E-state index < -0.39 is 11.3 Å². The molecule has 1 aliphatic heterocycles. The molecular formula is C25H33N3O5. The van der Waals surface area contributed by atoms with E-state index in [1.165, 1.54) is 4.90 Å². The number of hydrogen-bond acceptors (Lipinski definition) is 6. The molecule has 2 amide bonds. The Balaban J connectivity index is 1.72. The lowest BCUT2D eigenvalue weighted by molar-refractivity contribution is -0.0624. The van der Waals surface area contributed by atoms with Crippen molar-refractivity contribution in [1.82, 2.24) is 14.8 Å². The lowest BCUT2D eigenvalue weighted by Gasteiger charge is -2.35. The molecule has 2 heterocycles. The van der Waals surface area contributed by atoms with Crippen LogP contribution in [-0.4, -0.2) is 64.9 Å². The van der Waals surface area contributed by atoms with Crippen LogP contribution < -0.4 is 4.74 Å². The van der Waals surface area contributed by atoms with Gasteiger partial charge < -0.3 is 19.1 Å². The molecule has 0 bridgehead atoms. The average molecular weight is 456 g/mol. The minimum atomic E-state index is -0.746. The fourth-order valence-corrected chi connectivity index (χ4v) is 3.67. The molecule has 1 aromatic heterocycles. The van der Waals surface area contributed by atoms with Crippen LogP contribution in [0.1, 0.15) is 50.5 Å². The van der Waals surface area contributed by atoms with Gasteiger partial charge in [-0.1, -0.05) is 12.1 Å². The lowest BCUT2D eigenvalue weighted by atomic mass is 10.0. The van der Waals surface area contributed by atoms with Gasteiger partial charge in [-0.05, 0) is 70.9 Å². The highest BCUT2D eigenvalue weighted by molar-refractivity contribution is 5.96. The standard InChI is InChI=1S/C25H33N3O5/c1-24(2,3)33-23(30)28-18(16-31-25(28,4)5)15-17-10-12-19(13-11-17)32-21-20(9-8-14-26-21)22(29)27(6)7/h8-14,18H,15-16H2,1-7H3. The summed E-state index contributed by atoms with van der Waals surface area (Å²) < 4.78 is 17.4. The Kier molecular flexibility index (Phi) is 6.97. The molecule has 1 fully saturated rings. The van der Waals surface area contributed by atoms with Crippen LogP contribution in [0.5, 0.6) is 11.6 Å². The highest BCUT2D eigenvalue weighted by Gasteiger charge is 2.45. The number of rotatable bonds is 5. The van der Waals surface area contributed by atoms with E-state index in [4.69, 9.17) is 14.2 Å². The van der Waals surface area contributed by atoms with E-state index in [2.05, 4.69) is 4.98 Å². The highest BCUT2D eigenvalue weighted by Crippen LogP contribution is 2.32. The van der Waals surface area contributed by atoms with Gasteiger partial charge in [0.05, 0.1) is 12.6 Å². The summed E-state index contributed by atoms with van der Waals surface area (Å²) in [5.41, 5.74) is 0.0832. The van der Waals surface area contributed by atoms with Crippen LogP contribution in [0.2, 0.25) is 0 Å². The number of ether oxygens (including phenoxy) is 3. The molecule has 1 saturated heterocycles. The SMILES string of the molecule is CN(C)C(=O)c1cccnc1Oc1ccc(CC2COC(C)(C)N2C(=O)OC(C)(C)C)cc1. The predicted octanol–water partition coefficient (Wildman–Crippen LogP) is 4.49. The van der Waals surface area contributed by atoms with Crippen LogP contribution in [0, 0.1) is 0 Å². The van der Waals surface area contributed by atoms with Gasteiger partial charge in [0.25, 0.3) is 5.91 Å². The quantitative estimate of drug-likeness (QED) is 0.661.